The lowest BCUT2D eigenvalue weighted by Crippen LogP contribution is -2.44. The number of ether oxygens (including phenoxy) is 1. The molecule has 2 N–H and O–H groups in total. The van der Waals surface area contributed by atoms with Crippen molar-refractivity contribution < 1.29 is 18.7 Å². The third kappa shape index (κ3) is 4.53. The van der Waals surface area contributed by atoms with Gasteiger partial charge in [0.15, 0.2) is 17.4 Å². The number of nitrogens with one attached hydrogen (secondary N) is 2. The number of carbonyl (C=O) groups excluding carboxylic acids is 2. The second-order valence-electron chi connectivity index (χ2n) is 5.65. The minimum atomic E-state index is -0.496. The lowest BCUT2D eigenvalue weighted by atomic mass is 10.1. The van der Waals surface area contributed by atoms with Crippen LogP contribution in [0.4, 0.5) is 0 Å². The minimum Gasteiger partial charge on any atom is -0.483 e. The number of furan rings is 1. The number of aromatic nitrogens is 1. The van der Waals surface area contributed by atoms with Crippen molar-refractivity contribution in [2.24, 2.45) is 0 Å². The zero-order valence-electron chi connectivity index (χ0n) is 14.9. The van der Waals surface area contributed by atoms with E-state index in [4.69, 9.17) is 9.15 Å². The van der Waals surface area contributed by atoms with Crippen LogP contribution in [-0.2, 0) is 11.2 Å². The van der Waals surface area contributed by atoms with Crippen molar-refractivity contribution in [3.8, 4) is 16.5 Å². The summed E-state index contributed by atoms with van der Waals surface area (Å²) in [6.45, 7) is 3.59. The van der Waals surface area contributed by atoms with Gasteiger partial charge in [-0.2, -0.15) is 0 Å². The number of rotatable bonds is 6. The fraction of sp³-hybridized carbons (Fsp3) is 0.211. The highest BCUT2D eigenvalue weighted by Gasteiger charge is 2.18. The molecule has 140 valence electrons. The molecule has 0 saturated heterocycles. The van der Waals surface area contributed by atoms with Crippen LogP contribution in [0.5, 0.6) is 5.75 Å². The van der Waals surface area contributed by atoms with E-state index in [0.29, 0.717) is 16.5 Å². The molecule has 0 fully saturated rings. The second kappa shape index (κ2) is 8.50. The van der Waals surface area contributed by atoms with Crippen molar-refractivity contribution in [2.75, 3.05) is 6.61 Å². The normalized spacial score (nSPS) is 10.4. The molecule has 0 spiro atoms. The van der Waals surface area contributed by atoms with Crippen LogP contribution in [0.15, 0.2) is 47.1 Å². The molecule has 0 atom stereocenters. The third-order valence-electron chi connectivity index (χ3n) is 3.77. The van der Waals surface area contributed by atoms with Gasteiger partial charge in [0.1, 0.15) is 11.4 Å². The smallest absolute Gasteiger partial charge is 0.289 e. The van der Waals surface area contributed by atoms with Gasteiger partial charge in [-0.1, -0.05) is 25.1 Å². The van der Waals surface area contributed by atoms with Crippen LogP contribution < -0.4 is 15.6 Å². The molecule has 2 aromatic heterocycles. The van der Waals surface area contributed by atoms with E-state index < -0.39 is 11.8 Å². The molecule has 0 saturated carbocycles. The molecule has 2 amide bonds. The SMILES string of the molecule is CCc1ccccc1OCC(=O)NNC(=O)c1nc(-c2ccco2)sc1C. The monoisotopic (exact) mass is 385 g/mol. The number of benzene rings is 1. The third-order valence-corrected chi connectivity index (χ3v) is 4.76. The number of para-hydroxylation sites is 1. The number of hydrazine groups is 1. The van der Waals surface area contributed by atoms with Crippen LogP contribution in [0, 0.1) is 6.92 Å². The Kier molecular flexibility index (Phi) is 5.87. The van der Waals surface area contributed by atoms with Crippen molar-refractivity contribution in [3.05, 3.63) is 58.8 Å². The maximum Gasteiger partial charge on any atom is 0.289 e. The first-order valence-corrected chi connectivity index (χ1v) is 9.21. The van der Waals surface area contributed by atoms with Gasteiger partial charge < -0.3 is 9.15 Å². The summed E-state index contributed by atoms with van der Waals surface area (Å²) in [4.78, 5) is 29.2. The predicted octanol–water partition coefficient (Wildman–Crippen LogP) is 3.11. The number of aryl methyl sites for hydroxylation is 2. The number of hydrogen-bond donors (Lipinski definition) is 2. The van der Waals surface area contributed by atoms with Gasteiger partial charge >= 0.3 is 0 Å². The van der Waals surface area contributed by atoms with E-state index in [-0.39, 0.29) is 12.3 Å². The standard InChI is InChI=1S/C19H19N3O4S/c1-3-13-7-4-5-8-14(13)26-11-16(23)21-22-18(24)17-12(2)27-19(20-17)15-9-6-10-25-15/h4-10H,3,11H2,1-2H3,(H,21,23)(H,22,24). The largest absolute Gasteiger partial charge is 0.483 e. The fourth-order valence-corrected chi connectivity index (χ4v) is 3.29. The molecule has 3 aromatic rings. The summed E-state index contributed by atoms with van der Waals surface area (Å²) in [5.74, 6) is 0.284. The van der Waals surface area contributed by atoms with Gasteiger partial charge in [-0.15, -0.1) is 11.3 Å². The Morgan fingerprint density at radius 2 is 2.00 bits per heavy atom. The average Bonchev–Trinajstić information content (AvgIpc) is 3.34. The number of thiazole rings is 1. The first kappa shape index (κ1) is 18.7. The molecule has 0 aliphatic carbocycles. The Labute approximate surface area is 160 Å². The molecule has 3 rings (SSSR count). The van der Waals surface area contributed by atoms with E-state index in [2.05, 4.69) is 15.8 Å². The molecular weight excluding hydrogens is 366 g/mol. The van der Waals surface area contributed by atoms with Crippen LogP contribution in [0.25, 0.3) is 10.8 Å². The quantitative estimate of drug-likeness (QED) is 0.636. The zero-order chi connectivity index (χ0) is 19.2. The molecule has 1 aromatic carbocycles. The van der Waals surface area contributed by atoms with Crippen LogP contribution in [0.1, 0.15) is 27.9 Å². The first-order chi connectivity index (χ1) is 13.1. The van der Waals surface area contributed by atoms with Crippen molar-refractivity contribution in [3.63, 3.8) is 0 Å². The van der Waals surface area contributed by atoms with E-state index >= 15 is 0 Å². The van der Waals surface area contributed by atoms with Crippen LogP contribution in [0.3, 0.4) is 0 Å². The predicted molar refractivity (Wildman–Crippen MR) is 101 cm³/mol. The lowest BCUT2D eigenvalue weighted by Gasteiger charge is -2.10. The van der Waals surface area contributed by atoms with Gasteiger partial charge in [0, 0.05) is 4.88 Å². The van der Waals surface area contributed by atoms with Crippen molar-refractivity contribution in [1.29, 1.82) is 0 Å². The summed E-state index contributed by atoms with van der Waals surface area (Å²) < 4.78 is 10.8. The summed E-state index contributed by atoms with van der Waals surface area (Å²) in [5.41, 5.74) is 5.95. The van der Waals surface area contributed by atoms with Gasteiger partial charge in [0.05, 0.1) is 6.26 Å². The molecule has 0 bridgehead atoms. The first-order valence-electron chi connectivity index (χ1n) is 8.39. The van der Waals surface area contributed by atoms with Gasteiger partial charge in [-0.3, -0.25) is 20.4 Å². The van der Waals surface area contributed by atoms with Crippen molar-refractivity contribution in [2.45, 2.75) is 20.3 Å². The van der Waals surface area contributed by atoms with Crippen LogP contribution in [0.2, 0.25) is 0 Å². The molecule has 27 heavy (non-hydrogen) atoms. The maximum atomic E-state index is 12.3. The van der Waals surface area contributed by atoms with E-state index in [1.165, 1.54) is 11.3 Å². The number of nitrogens with zero attached hydrogens (tertiary/aromatic N) is 1. The summed E-state index contributed by atoms with van der Waals surface area (Å²) in [5, 5.41) is 0.605. The van der Waals surface area contributed by atoms with Gasteiger partial charge in [0.25, 0.3) is 11.8 Å². The molecule has 0 radical (unpaired) electrons. The molecule has 2 heterocycles. The maximum absolute atomic E-state index is 12.3. The molecular formula is C19H19N3O4S. The Hall–Kier alpha value is -3.13. The van der Waals surface area contributed by atoms with E-state index in [0.717, 1.165) is 16.9 Å². The average molecular weight is 385 g/mol. The molecule has 0 aliphatic rings. The summed E-state index contributed by atoms with van der Waals surface area (Å²) in [7, 11) is 0. The Balaban J connectivity index is 1.54. The summed E-state index contributed by atoms with van der Waals surface area (Å²) in [6.07, 6.45) is 2.35. The van der Waals surface area contributed by atoms with E-state index in [1.54, 1.807) is 31.4 Å². The van der Waals surface area contributed by atoms with Gasteiger partial charge in [-0.05, 0) is 37.1 Å². The summed E-state index contributed by atoms with van der Waals surface area (Å²) >= 11 is 1.34. The second-order valence-corrected chi connectivity index (χ2v) is 6.86. The van der Waals surface area contributed by atoms with Gasteiger partial charge in [0.2, 0.25) is 0 Å². The number of amides is 2. The molecule has 8 heteroatoms. The van der Waals surface area contributed by atoms with E-state index in [9.17, 15) is 9.59 Å². The lowest BCUT2D eigenvalue weighted by molar-refractivity contribution is -0.123. The number of carbonyl (C=O) groups is 2. The Morgan fingerprint density at radius 3 is 2.74 bits per heavy atom. The Morgan fingerprint density at radius 1 is 1.19 bits per heavy atom. The fourth-order valence-electron chi connectivity index (χ4n) is 2.41. The molecule has 0 aliphatic heterocycles. The highest BCUT2D eigenvalue weighted by molar-refractivity contribution is 7.15. The Bertz CT molecular complexity index is 934. The highest BCUT2D eigenvalue weighted by Crippen LogP contribution is 2.27. The van der Waals surface area contributed by atoms with Crippen LogP contribution >= 0.6 is 11.3 Å². The van der Waals surface area contributed by atoms with E-state index in [1.807, 2.05) is 25.1 Å². The minimum absolute atomic E-state index is 0.203. The molecule has 7 nitrogen and oxygen atoms in total. The van der Waals surface area contributed by atoms with Crippen molar-refractivity contribution >= 4 is 23.2 Å². The van der Waals surface area contributed by atoms with Gasteiger partial charge in [-0.25, -0.2) is 4.98 Å². The zero-order valence-corrected chi connectivity index (χ0v) is 15.8. The number of hydrogen-bond acceptors (Lipinski definition) is 6. The van der Waals surface area contributed by atoms with Crippen LogP contribution in [-0.4, -0.2) is 23.4 Å². The highest BCUT2D eigenvalue weighted by atomic mass is 32.1. The summed E-state index contributed by atoms with van der Waals surface area (Å²) in [6, 6.07) is 11.0. The molecule has 0 unspecified atom stereocenters. The topological polar surface area (TPSA) is 93.5 Å². The van der Waals surface area contributed by atoms with Crippen molar-refractivity contribution in [1.82, 2.24) is 15.8 Å².